The molecule has 1 aromatic heterocycles. The van der Waals surface area contributed by atoms with Gasteiger partial charge in [0.05, 0.1) is 0 Å². The van der Waals surface area contributed by atoms with Gasteiger partial charge in [-0.1, -0.05) is 18.2 Å². The maximum Gasteiger partial charge on any atom is 0.167 e. The van der Waals surface area contributed by atoms with Crippen molar-refractivity contribution in [1.82, 2.24) is 4.98 Å². The molecule has 0 bridgehead atoms. The van der Waals surface area contributed by atoms with Gasteiger partial charge in [-0.25, -0.2) is 9.37 Å². The molecule has 0 amide bonds. The third-order valence-corrected chi connectivity index (χ3v) is 2.78. The second-order valence-electron chi connectivity index (χ2n) is 4.22. The molecule has 0 fully saturated rings. The minimum atomic E-state index is -0.309. The lowest BCUT2D eigenvalue weighted by molar-refractivity contribution is 0.290. The van der Waals surface area contributed by atoms with Gasteiger partial charge in [0.25, 0.3) is 0 Å². The molecule has 100 valence electrons. The Morgan fingerprint density at radius 1 is 1.26 bits per heavy atom. The summed E-state index contributed by atoms with van der Waals surface area (Å²) in [6, 6.07) is 8.88. The Balaban J connectivity index is 2.12. The van der Waals surface area contributed by atoms with Crippen LogP contribution in [0.4, 0.5) is 10.2 Å². The number of aryl methyl sites for hydroxylation is 1. The molecule has 0 spiro atoms. The maximum atomic E-state index is 13.8. The van der Waals surface area contributed by atoms with E-state index in [0.717, 1.165) is 17.9 Å². The van der Waals surface area contributed by atoms with Crippen molar-refractivity contribution < 1.29 is 9.13 Å². The van der Waals surface area contributed by atoms with Crippen LogP contribution in [0.25, 0.3) is 0 Å². The Morgan fingerprint density at radius 3 is 2.89 bits per heavy atom. The van der Waals surface area contributed by atoms with Crippen LogP contribution in [0.1, 0.15) is 18.1 Å². The SMILES string of the molecule is CCNc1ncccc1COc1cccc(C)c1F. The summed E-state index contributed by atoms with van der Waals surface area (Å²) in [5.41, 5.74) is 1.49. The quantitative estimate of drug-likeness (QED) is 0.892. The van der Waals surface area contributed by atoms with Gasteiger partial charge in [-0.15, -0.1) is 0 Å². The predicted octanol–water partition coefficient (Wildman–Crippen LogP) is 3.54. The molecule has 0 aliphatic rings. The Kier molecular flexibility index (Phi) is 4.34. The molecular formula is C15H17FN2O. The number of nitrogens with one attached hydrogen (secondary N) is 1. The number of benzene rings is 1. The van der Waals surface area contributed by atoms with Crippen LogP contribution < -0.4 is 10.1 Å². The largest absolute Gasteiger partial charge is 0.486 e. The average molecular weight is 260 g/mol. The van der Waals surface area contributed by atoms with E-state index in [0.29, 0.717) is 5.56 Å². The molecule has 4 heteroatoms. The number of anilines is 1. The first-order chi connectivity index (χ1) is 9.22. The molecule has 1 heterocycles. The second-order valence-corrected chi connectivity index (χ2v) is 4.22. The number of pyridine rings is 1. The fourth-order valence-electron chi connectivity index (χ4n) is 1.77. The number of aromatic nitrogens is 1. The van der Waals surface area contributed by atoms with Gasteiger partial charge in [0.15, 0.2) is 11.6 Å². The molecule has 0 atom stereocenters. The number of rotatable bonds is 5. The highest BCUT2D eigenvalue weighted by atomic mass is 19.1. The van der Waals surface area contributed by atoms with Crippen molar-refractivity contribution in [3.05, 3.63) is 53.5 Å². The van der Waals surface area contributed by atoms with E-state index in [-0.39, 0.29) is 18.2 Å². The van der Waals surface area contributed by atoms with Crippen LogP contribution in [0.15, 0.2) is 36.5 Å². The lowest BCUT2D eigenvalue weighted by Crippen LogP contribution is -2.06. The summed E-state index contributed by atoms with van der Waals surface area (Å²) in [7, 11) is 0. The molecule has 0 aliphatic heterocycles. The van der Waals surface area contributed by atoms with Crippen molar-refractivity contribution >= 4 is 5.82 Å². The van der Waals surface area contributed by atoms with Crippen LogP contribution in [0.5, 0.6) is 5.75 Å². The zero-order chi connectivity index (χ0) is 13.7. The Morgan fingerprint density at radius 2 is 2.11 bits per heavy atom. The number of nitrogens with zero attached hydrogens (tertiary/aromatic N) is 1. The minimum absolute atomic E-state index is 0.270. The monoisotopic (exact) mass is 260 g/mol. The van der Waals surface area contributed by atoms with Crippen LogP contribution in [0.2, 0.25) is 0 Å². The van der Waals surface area contributed by atoms with Crippen molar-refractivity contribution in [1.29, 1.82) is 0 Å². The van der Waals surface area contributed by atoms with Gasteiger partial charge in [-0.2, -0.15) is 0 Å². The van der Waals surface area contributed by atoms with Crippen LogP contribution >= 0.6 is 0 Å². The van der Waals surface area contributed by atoms with Crippen molar-refractivity contribution in [2.75, 3.05) is 11.9 Å². The lowest BCUT2D eigenvalue weighted by atomic mass is 10.2. The van der Waals surface area contributed by atoms with E-state index in [4.69, 9.17) is 4.74 Å². The maximum absolute atomic E-state index is 13.8. The van der Waals surface area contributed by atoms with Gasteiger partial charge in [0.2, 0.25) is 0 Å². The topological polar surface area (TPSA) is 34.2 Å². The Hall–Kier alpha value is -2.10. The lowest BCUT2D eigenvalue weighted by Gasteiger charge is -2.11. The van der Waals surface area contributed by atoms with E-state index in [9.17, 15) is 4.39 Å². The van der Waals surface area contributed by atoms with Gasteiger partial charge in [0, 0.05) is 18.3 Å². The second kappa shape index (κ2) is 6.18. The molecule has 1 N–H and O–H groups in total. The van der Waals surface area contributed by atoms with Crippen LogP contribution in [0.3, 0.4) is 0 Å². The summed E-state index contributed by atoms with van der Waals surface area (Å²) in [6.45, 7) is 4.79. The van der Waals surface area contributed by atoms with E-state index in [1.807, 2.05) is 19.1 Å². The van der Waals surface area contributed by atoms with Crippen molar-refractivity contribution in [3.63, 3.8) is 0 Å². The van der Waals surface area contributed by atoms with Gasteiger partial charge in [-0.3, -0.25) is 0 Å². The predicted molar refractivity (Wildman–Crippen MR) is 73.9 cm³/mol. The molecule has 19 heavy (non-hydrogen) atoms. The van der Waals surface area contributed by atoms with E-state index in [1.165, 1.54) is 0 Å². The van der Waals surface area contributed by atoms with Gasteiger partial charge < -0.3 is 10.1 Å². The molecule has 1 aromatic carbocycles. The Labute approximate surface area is 112 Å². The highest BCUT2D eigenvalue weighted by molar-refractivity contribution is 5.43. The van der Waals surface area contributed by atoms with Gasteiger partial charge in [-0.05, 0) is 31.5 Å². The first-order valence-corrected chi connectivity index (χ1v) is 6.28. The van der Waals surface area contributed by atoms with Gasteiger partial charge >= 0.3 is 0 Å². The van der Waals surface area contributed by atoms with E-state index < -0.39 is 0 Å². The smallest absolute Gasteiger partial charge is 0.167 e. The van der Waals surface area contributed by atoms with E-state index >= 15 is 0 Å². The summed E-state index contributed by atoms with van der Waals surface area (Å²) in [4.78, 5) is 4.24. The van der Waals surface area contributed by atoms with Gasteiger partial charge in [0.1, 0.15) is 12.4 Å². The molecule has 0 radical (unpaired) electrons. The average Bonchev–Trinajstić information content (AvgIpc) is 2.42. The number of ether oxygens (including phenoxy) is 1. The zero-order valence-corrected chi connectivity index (χ0v) is 11.1. The molecule has 0 aliphatic carbocycles. The highest BCUT2D eigenvalue weighted by Crippen LogP contribution is 2.22. The van der Waals surface area contributed by atoms with E-state index in [1.54, 1.807) is 31.3 Å². The molecule has 2 aromatic rings. The third-order valence-electron chi connectivity index (χ3n) is 2.78. The fourth-order valence-corrected chi connectivity index (χ4v) is 1.77. The summed E-state index contributed by atoms with van der Waals surface area (Å²) in [5, 5.41) is 3.15. The molecule has 3 nitrogen and oxygen atoms in total. The number of hydrogen-bond acceptors (Lipinski definition) is 3. The van der Waals surface area contributed by atoms with Crippen molar-refractivity contribution in [3.8, 4) is 5.75 Å². The number of hydrogen-bond donors (Lipinski definition) is 1. The summed E-state index contributed by atoms with van der Waals surface area (Å²) in [6.07, 6.45) is 1.72. The van der Waals surface area contributed by atoms with Crippen molar-refractivity contribution in [2.45, 2.75) is 20.5 Å². The van der Waals surface area contributed by atoms with Crippen LogP contribution in [0, 0.1) is 12.7 Å². The Bertz CT molecular complexity index is 558. The normalized spacial score (nSPS) is 10.3. The minimum Gasteiger partial charge on any atom is -0.486 e. The molecule has 0 saturated heterocycles. The summed E-state index contributed by atoms with van der Waals surface area (Å²) in [5.74, 6) is 0.737. The highest BCUT2D eigenvalue weighted by Gasteiger charge is 2.08. The molecule has 0 saturated carbocycles. The summed E-state index contributed by atoms with van der Waals surface area (Å²) < 4.78 is 19.3. The summed E-state index contributed by atoms with van der Waals surface area (Å²) >= 11 is 0. The van der Waals surface area contributed by atoms with Crippen molar-refractivity contribution in [2.24, 2.45) is 0 Å². The van der Waals surface area contributed by atoms with E-state index in [2.05, 4.69) is 10.3 Å². The first kappa shape index (κ1) is 13.3. The first-order valence-electron chi connectivity index (χ1n) is 6.28. The zero-order valence-electron chi connectivity index (χ0n) is 11.1. The van der Waals surface area contributed by atoms with Crippen LogP contribution in [-0.4, -0.2) is 11.5 Å². The fraction of sp³-hybridized carbons (Fsp3) is 0.267. The third kappa shape index (κ3) is 3.22. The molecule has 0 unspecified atom stereocenters. The number of halogens is 1. The standard InChI is InChI=1S/C15H17FN2O/c1-3-17-15-12(7-5-9-18-15)10-19-13-8-4-6-11(2)14(13)16/h4-9H,3,10H2,1-2H3,(H,17,18). The van der Waals surface area contributed by atoms with Crippen LogP contribution in [-0.2, 0) is 6.61 Å². The molecule has 2 rings (SSSR count). The molecular weight excluding hydrogens is 243 g/mol.